The van der Waals surface area contributed by atoms with Crippen LogP contribution in [0, 0.1) is 0 Å². The normalized spacial score (nSPS) is 11.5. The third-order valence-electron chi connectivity index (χ3n) is 3.75. The molecule has 2 aromatic rings. The molecule has 0 saturated heterocycles. The number of nitrogens with one attached hydrogen (secondary N) is 1. The molecule has 140 valence electrons. The maximum absolute atomic E-state index is 12.1. The second-order valence-electron chi connectivity index (χ2n) is 5.37. The fourth-order valence-corrected chi connectivity index (χ4v) is 3.15. The maximum Gasteiger partial charge on any atom is 0.350 e. The monoisotopic (exact) mass is 379 g/mol. The van der Waals surface area contributed by atoms with Crippen LogP contribution in [0.5, 0.6) is 11.5 Å². The van der Waals surface area contributed by atoms with Gasteiger partial charge in [-0.05, 0) is 30.0 Å². The van der Waals surface area contributed by atoms with Crippen LogP contribution in [0.2, 0.25) is 0 Å². The van der Waals surface area contributed by atoms with Crippen LogP contribution in [0.4, 0.5) is 5.69 Å². The number of carbonyl (C=O) groups excluding carboxylic acids is 2. The molecule has 0 aliphatic heterocycles. The Balaban J connectivity index is 1.97. The first-order valence-corrected chi connectivity index (χ1v) is 8.73. The number of hydrogen-bond donors (Lipinski definition) is 2. The van der Waals surface area contributed by atoms with E-state index in [1.54, 1.807) is 36.8 Å². The summed E-state index contributed by atoms with van der Waals surface area (Å²) in [4.78, 5) is 24.1. The number of anilines is 1. The van der Waals surface area contributed by atoms with Gasteiger partial charge in [-0.15, -0.1) is 11.3 Å². The van der Waals surface area contributed by atoms with Crippen molar-refractivity contribution in [3.63, 3.8) is 0 Å². The average molecular weight is 379 g/mol. The molecule has 0 radical (unpaired) electrons. The number of thiophene rings is 1. The average Bonchev–Trinajstić information content (AvgIpc) is 3.12. The molecule has 1 heterocycles. The van der Waals surface area contributed by atoms with Crippen LogP contribution in [0.25, 0.3) is 0 Å². The highest BCUT2D eigenvalue weighted by atomic mass is 32.1. The Bertz CT molecular complexity index is 773. The minimum absolute atomic E-state index is 0.0762. The number of benzene rings is 1. The molecule has 2 rings (SSSR count). The van der Waals surface area contributed by atoms with Gasteiger partial charge in [0, 0.05) is 18.1 Å². The molecule has 1 aromatic carbocycles. The van der Waals surface area contributed by atoms with Gasteiger partial charge in [-0.3, -0.25) is 4.79 Å². The fourth-order valence-electron chi connectivity index (χ4n) is 2.39. The first-order chi connectivity index (χ1) is 12.5. The molecule has 0 aliphatic carbocycles. The van der Waals surface area contributed by atoms with Crippen molar-refractivity contribution in [1.29, 1.82) is 0 Å². The molecule has 26 heavy (non-hydrogen) atoms. The molecule has 1 atom stereocenters. The number of methoxy groups -OCH3 is 3. The number of hydrogen-bond acceptors (Lipinski definition) is 7. The largest absolute Gasteiger partial charge is 0.497 e. The summed E-state index contributed by atoms with van der Waals surface area (Å²) in [7, 11) is 4.33. The van der Waals surface area contributed by atoms with Crippen LogP contribution in [0.15, 0.2) is 29.6 Å². The van der Waals surface area contributed by atoms with Crippen LogP contribution in [0.1, 0.15) is 34.2 Å². The predicted molar refractivity (Wildman–Crippen MR) is 98.0 cm³/mol. The van der Waals surface area contributed by atoms with Crippen LogP contribution in [-0.2, 0) is 9.53 Å². The van der Waals surface area contributed by atoms with Crippen LogP contribution in [0.3, 0.4) is 0 Å². The molecule has 0 aliphatic rings. The summed E-state index contributed by atoms with van der Waals surface area (Å²) in [6.07, 6.45) is -0.594. The molecule has 0 fully saturated rings. The Morgan fingerprint density at radius 1 is 1.19 bits per heavy atom. The van der Waals surface area contributed by atoms with Gasteiger partial charge in [-0.2, -0.15) is 0 Å². The Hall–Kier alpha value is -2.58. The van der Waals surface area contributed by atoms with E-state index in [0.717, 1.165) is 0 Å². The molecule has 8 heteroatoms. The number of aliphatic hydroxyl groups is 1. The van der Waals surface area contributed by atoms with Crippen LogP contribution >= 0.6 is 11.3 Å². The molecule has 1 amide bonds. The molecule has 2 N–H and O–H groups in total. The Morgan fingerprint density at radius 3 is 2.62 bits per heavy atom. The van der Waals surface area contributed by atoms with Gasteiger partial charge >= 0.3 is 5.97 Å². The molecule has 7 nitrogen and oxygen atoms in total. The highest BCUT2D eigenvalue weighted by Crippen LogP contribution is 2.31. The van der Waals surface area contributed by atoms with E-state index < -0.39 is 12.1 Å². The standard InChI is InChI=1S/C18H21NO6S/c1-23-11-4-5-12(15(10-11)24-2)14(20)6-7-16(21)19-13-8-9-26-17(13)18(22)25-3/h4-5,8-10,14,20H,6-7H2,1-3H3,(H,19,21). The topological polar surface area (TPSA) is 94.1 Å². The summed E-state index contributed by atoms with van der Waals surface area (Å²) in [6.45, 7) is 0. The molecule has 0 bridgehead atoms. The maximum atomic E-state index is 12.1. The van der Waals surface area contributed by atoms with Crippen molar-refractivity contribution in [2.45, 2.75) is 18.9 Å². The van der Waals surface area contributed by atoms with Gasteiger partial charge < -0.3 is 24.6 Å². The van der Waals surface area contributed by atoms with E-state index in [2.05, 4.69) is 10.1 Å². The molecule has 0 spiro atoms. The number of rotatable bonds is 8. The van der Waals surface area contributed by atoms with Crippen LogP contribution < -0.4 is 14.8 Å². The van der Waals surface area contributed by atoms with Gasteiger partial charge in [0.1, 0.15) is 16.4 Å². The van der Waals surface area contributed by atoms with Gasteiger partial charge in [0.05, 0.1) is 33.1 Å². The lowest BCUT2D eigenvalue weighted by atomic mass is 10.0. The van der Waals surface area contributed by atoms with E-state index in [1.165, 1.54) is 25.6 Å². The minimum atomic E-state index is -0.871. The van der Waals surface area contributed by atoms with Crippen molar-refractivity contribution in [3.05, 3.63) is 40.1 Å². The lowest BCUT2D eigenvalue weighted by Crippen LogP contribution is -2.15. The smallest absolute Gasteiger partial charge is 0.350 e. The van der Waals surface area contributed by atoms with E-state index in [4.69, 9.17) is 9.47 Å². The zero-order valence-electron chi connectivity index (χ0n) is 14.8. The van der Waals surface area contributed by atoms with Gasteiger partial charge in [0.2, 0.25) is 5.91 Å². The van der Waals surface area contributed by atoms with Crippen molar-refractivity contribution >= 4 is 28.9 Å². The summed E-state index contributed by atoms with van der Waals surface area (Å²) in [6, 6.07) is 6.73. The van der Waals surface area contributed by atoms with Crippen molar-refractivity contribution < 1.29 is 28.9 Å². The zero-order chi connectivity index (χ0) is 19.1. The van der Waals surface area contributed by atoms with Gasteiger partial charge in [0.25, 0.3) is 0 Å². The number of esters is 1. The lowest BCUT2D eigenvalue weighted by molar-refractivity contribution is -0.116. The van der Waals surface area contributed by atoms with Crippen molar-refractivity contribution in [2.75, 3.05) is 26.6 Å². The van der Waals surface area contributed by atoms with E-state index in [0.29, 0.717) is 27.6 Å². The summed E-state index contributed by atoms with van der Waals surface area (Å²) in [5.41, 5.74) is 0.982. The first-order valence-electron chi connectivity index (χ1n) is 7.85. The van der Waals surface area contributed by atoms with Crippen LogP contribution in [-0.4, -0.2) is 38.3 Å². The van der Waals surface area contributed by atoms with Gasteiger partial charge in [-0.1, -0.05) is 0 Å². The van der Waals surface area contributed by atoms with E-state index >= 15 is 0 Å². The number of aliphatic hydroxyl groups excluding tert-OH is 1. The molecule has 1 unspecified atom stereocenters. The zero-order valence-corrected chi connectivity index (χ0v) is 15.6. The Morgan fingerprint density at radius 2 is 1.96 bits per heavy atom. The number of ether oxygens (including phenoxy) is 3. The highest BCUT2D eigenvalue weighted by Gasteiger charge is 2.18. The van der Waals surface area contributed by atoms with E-state index in [9.17, 15) is 14.7 Å². The number of amides is 1. The summed E-state index contributed by atoms with van der Waals surface area (Å²) < 4.78 is 15.1. The SMILES string of the molecule is COC(=O)c1sccc1NC(=O)CCC(O)c1ccc(OC)cc1OC. The minimum Gasteiger partial charge on any atom is -0.497 e. The van der Waals surface area contributed by atoms with Gasteiger partial charge in [-0.25, -0.2) is 4.79 Å². The highest BCUT2D eigenvalue weighted by molar-refractivity contribution is 7.12. The van der Waals surface area contributed by atoms with Crippen molar-refractivity contribution in [1.82, 2.24) is 0 Å². The molecule has 0 saturated carbocycles. The van der Waals surface area contributed by atoms with E-state index in [-0.39, 0.29) is 18.7 Å². The number of carbonyl (C=O) groups is 2. The molecular weight excluding hydrogens is 358 g/mol. The lowest BCUT2D eigenvalue weighted by Gasteiger charge is -2.15. The summed E-state index contributed by atoms with van der Waals surface area (Å²) in [5.74, 6) is 0.296. The quantitative estimate of drug-likeness (QED) is 0.685. The van der Waals surface area contributed by atoms with Gasteiger partial charge in [0.15, 0.2) is 0 Å². The van der Waals surface area contributed by atoms with E-state index in [1.807, 2.05) is 0 Å². The molecule has 1 aromatic heterocycles. The third-order valence-corrected chi connectivity index (χ3v) is 4.65. The first kappa shape index (κ1) is 19.7. The Kier molecular flexibility index (Phi) is 6.99. The second-order valence-corrected chi connectivity index (χ2v) is 6.28. The Labute approximate surface area is 155 Å². The molecular formula is C18H21NO6S. The fraction of sp³-hybridized carbons (Fsp3) is 0.333. The summed E-state index contributed by atoms with van der Waals surface area (Å²) >= 11 is 1.19. The third kappa shape index (κ3) is 4.74. The summed E-state index contributed by atoms with van der Waals surface area (Å²) in [5, 5.41) is 14.7. The van der Waals surface area contributed by atoms with Crippen molar-refractivity contribution in [2.24, 2.45) is 0 Å². The predicted octanol–water partition coefficient (Wildman–Crippen LogP) is 3.00. The second kappa shape index (κ2) is 9.21. The van der Waals surface area contributed by atoms with Crippen molar-refractivity contribution in [3.8, 4) is 11.5 Å².